The molecule has 0 unspecified atom stereocenters. The van der Waals surface area contributed by atoms with Crippen molar-refractivity contribution in [3.05, 3.63) is 71.8 Å². The Morgan fingerprint density at radius 3 is 1.45 bits per heavy atom. The van der Waals surface area contributed by atoms with Gasteiger partial charge in [0.05, 0.1) is 5.92 Å². The highest BCUT2D eigenvalue weighted by Crippen LogP contribution is 2.25. The van der Waals surface area contributed by atoms with Crippen molar-refractivity contribution in [2.45, 2.75) is 12.8 Å². The quantitative estimate of drug-likeness (QED) is 0.604. The van der Waals surface area contributed by atoms with Crippen LogP contribution in [0.1, 0.15) is 24.0 Å². The van der Waals surface area contributed by atoms with E-state index in [1.54, 1.807) is 60.7 Å². The standard InChI is InChI=1S/C18H14O4/c1-12(19)16(20)18(22)17(21)15(13-8-4-2-5-9-13)14-10-6-3-7-11-14/h2-11,15H,1H3. The maximum Gasteiger partial charge on any atom is 0.273 e. The average molecular weight is 294 g/mol. The Hall–Kier alpha value is -2.88. The second kappa shape index (κ2) is 6.72. The Balaban J connectivity index is 2.46. The average Bonchev–Trinajstić information content (AvgIpc) is 2.55. The van der Waals surface area contributed by atoms with Gasteiger partial charge in [0.2, 0.25) is 11.6 Å². The summed E-state index contributed by atoms with van der Waals surface area (Å²) in [5, 5.41) is 0. The molecule has 0 N–H and O–H groups in total. The number of ketones is 4. The molecule has 0 amide bonds. The SMILES string of the molecule is CC(=O)C(=O)C(=O)C(=O)C(c1ccccc1)c1ccccc1. The fourth-order valence-corrected chi connectivity index (χ4v) is 2.19. The van der Waals surface area contributed by atoms with Crippen LogP contribution >= 0.6 is 0 Å². The number of hydrogen-bond donors (Lipinski definition) is 0. The van der Waals surface area contributed by atoms with Crippen molar-refractivity contribution in [3.63, 3.8) is 0 Å². The second-order valence-electron chi connectivity index (χ2n) is 4.83. The van der Waals surface area contributed by atoms with Crippen LogP contribution in [-0.2, 0) is 19.2 Å². The van der Waals surface area contributed by atoms with Gasteiger partial charge in [-0.3, -0.25) is 19.2 Å². The van der Waals surface area contributed by atoms with Crippen LogP contribution in [0.3, 0.4) is 0 Å². The van der Waals surface area contributed by atoms with Crippen molar-refractivity contribution in [1.82, 2.24) is 0 Å². The minimum Gasteiger partial charge on any atom is -0.291 e. The van der Waals surface area contributed by atoms with Crippen LogP contribution in [0, 0.1) is 0 Å². The predicted molar refractivity (Wildman–Crippen MR) is 80.4 cm³/mol. The van der Waals surface area contributed by atoms with Gasteiger partial charge >= 0.3 is 0 Å². The highest BCUT2D eigenvalue weighted by Gasteiger charge is 2.33. The van der Waals surface area contributed by atoms with E-state index in [0.29, 0.717) is 11.1 Å². The van der Waals surface area contributed by atoms with Crippen LogP contribution in [0.4, 0.5) is 0 Å². The summed E-state index contributed by atoms with van der Waals surface area (Å²) in [6.07, 6.45) is 0. The van der Waals surface area contributed by atoms with Crippen molar-refractivity contribution >= 4 is 23.1 Å². The van der Waals surface area contributed by atoms with Gasteiger partial charge in [-0.25, -0.2) is 0 Å². The fourth-order valence-electron chi connectivity index (χ4n) is 2.19. The molecule has 22 heavy (non-hydrogen) atoms. The van der Waals surface area contributed by atoms with E-state index in [0.717, 1.165) is 6.92 Å². The Morgan fingerprint density at radius 2 is 1.09 bits per heavy atom. The third-order valence-electron chi connectivity index (χ3n) is 3.28. The third-order valence-corrected chi connectivity index (χ3v) is 3.28. The molecule has 110 valence electrons. The van der Waals surface area contributed by atoms with Gasteiger partial charge in [0.15, 0.2) is 0 Å². The molecule has 0 spiro atoms. The molecule has 0 atom stereocenters. The maximum absolute atomic E-state index is 12.5. The van der Waals surface area contributed by atoms with Crippen molar-refractivity contribution < 1.29 is 19.2 Å². The molecule has 0 heterocycles. The van der Waals surface area contributed by atoms with Crippen molar-refractivity contribution in [3.8, 4) is 0 Å². The first-order valence-electron chi connectivity index (χ1n) is 6.75. The Labute approximate surface area is 127 Å². The molecule has 0 radical (unpaired) electrons. The molecule has 0 fully saturated rings. The Morgan fingerprint density at radius 1 is 0.682 bits per heavy atom. The van der Waals surface area contributed by atoms with Crippen LogP contribution in [-0.4, -0.2) is 23.1 Å². The molecule has 0 aliphatic heterocycles. The zero-order valence-corrected chi connectivity index (χ0v) is 12.0. The fraction of sp³-hybridized carbons (Fsp3) is 0.111. The second-order valence-corrected chi connectivity index (χ2v) is 4.83. The number of rotatable bonds is 6. The van der Waals surface area contributed by atoms with E-state index in [9.17, 15) is 19.2 Å². The third kappa shape index (κ3) is 3.23. The predicted octanol–water partition coefficient (Wildman–Crippen LogP) is 2.11. The van der Waals surface area contributed by atoms with Gasteiger partial charge in [-0.1, -0.05) is 60.7 Å². The van der Waals surface area contributed by atoms with Gasteiger partial charge in [-0.15, -0.1) is 0 Å². The van der Waals surface area contributed by atoms with Gasteiger partial charge < -0.3 is 0 Å². The van der Waals surface area contributed by atoms with Crippen molar-refractivity contribution in [2.24, 2.45) is 0 Å². The zero-order chi connectivity index (χ0) is 16.1. The van der Waals surface area contributed by atoms with Crippen LogP contribution in [0.5, 0.6) is 0 Å². The number of carbonyl (C=O) groups is 4. The molecule has 0 bridgehead atoms. The highest BCUT2D eigenvalue weighted by atomic mass is 16.2. The lowest BCUT2D eigenvalue weighted by Gasteiger charge is -2.15. The summed E-state index contributed by atoms with van der Waals surface area (Å²) >= 11 is 0. The number of carbonyl (C=O) groups excluding carboxylic acids is 4. The summed E-state index contributed by atoms with van der Waals surface area (Å²) in [6, 6.07) is 17.4. The Bertz CT molecular complexity index is 678. The summed E-state index contributed by atoms with van der Waals surface area (Å²) in [4.78, 5) is 47.0. The number of hydrogen-bond acceptors (Lipinski definition) is 4. The van der Waals surface area contributed by atoms with Crippen LogP contribution < -0.4 is 0 Å². The van der Waals surface area contributed by atoms with Crippen LogP contribution in [0.15, 0.2) is 60.7 Å². The lowest BCUT2D eigenvalue weighted by Crippen LogP contribution is -2.33. The summed E-state index contributed by atoms with van der Waals surface area (Å²) in [5.41, 5.74) is 1.20. The first kappa shape index (κ1) is 15.5. The van der Waals surface area contributed by atoms with E-state index in [4.69, 9.17) is 0 Å². The van der Waals surface area contributed by atoms with E-state index in [2.05, 4.69) is 0 Å². The largest absolute Gasteiger partial charge is 0.291 e. The lowest BCUT2D eigenvalue weighted by atomic mass is 9.85. The molecular formula is C18H14O4. The molecule has 2 aromatic carbocycles. The molecule has 0 aromatic heterocycles. The normalized spacial score (nSPS) is 10.3. The monoisotopic (exact) mass is 294 g/mol. The molecule has 4 nitrogen and oxygen atoms in total. The highest BCUT2D eigenvalue weighted by molar-refractivity contribution is 6.78. The molecule has 2 rings (SSSR count). The van der Waals surface area contributed by atoms with Crippen molar-refractivity contribution in [2.75, 3.05) is 0 Å². The minimum atomic E-state index is -1.28. The van der Waals surface area contributed by atoms with Gasteiger partial charge in [-0.05, 0) is 11.1 Å². The summed E-state index contributed by atoms with van der Waals surface area (Å²) in [6.45, 7) is 0.980. The van der Waals surface area contributed by atoms with E-state index in [-0.39, 0.29) is 0 Å². The molecule has 2 aromatic rings. The van der Waals surface area contributed by atoms with E-state index in [1.165, 1.54) is 0 Å². The van der Waals surface area contributed by atoms with Crippen LogP contribution in [0.2, 0.25) is 0 Å². The van der Waals surface area contributed by atoms with Gasteiger partial charge in [-0.2, -0.15) is 0 Å². The number of benzene rings is 2. The molecule has 0 saturated carbocycles. The minimum absolute atomic E-state index is 0.600. The zero-order valence-electron chi connectivity index (χ0n) is 12.0. The molecule has 0 saturated heterocycles. The first-order valence-corrected chi connectivity index (χ1v) is 6.75. The topological polar surface area (TPSA) is 68.3 Å². The Kier molecular flexibility index (Phi) is 4.73. The van der Waals surface area contributed by atoms with Crippen molar-refractivity contribution in [1.29, 1.82) is 0 Å². The molecular weight excluding hydrogens is 280 g/mol. The van der Waals surface area contributed by atoms with Gasteiger partial charge in [0, 0.05) is 6.92 Å². The first-order chi connectivity index (χ1) is 10.5. The summed E-state index contributed by atoms with van der Waals surface area (Å²) in [5.74, 6) is -5.26. The van der Waals surface area contributed by atoms with E-state index < -0.39 is 29.1 Å². The van der Waals surface area contributed by atoms with E-state index >= 15 is 0 Å². The smallest absolute Gasteiger partial charge is 0.273 e. The maximum atomic E-state index is 12.5. The summed E-state index contributed by atoms with van der Waals surface area (Å²) in [7, 11) is 0. The van der Waals surface area contributed by atoms with Gasteiger partial charge in [0.25, 0.3) is 11.6 Å². The molecule has 0 aliphatic rings. The summed E-state index contributed by atoms with van der Waals surface area (Å²) < 4.78 is 0. The lowest BCUT2D eigenvalue weighted by molar-refractivity contribution is -0.148. The number of Topliss-reactive ketones (excluding diaryl/α,β-unsaturated/α-hetero) is 4. The van der Waals surface area contributed by atoms with Crippen LogP contribution in [0.25, 0.3) is 0 Å². The van der Waals surface area contributed by atoms with E-state index in [1.807, 2.05) is 0 Å². The molecule has 4 heteroatoms. The van der Waals surface area contributed by atoms with Gasteiger partial charge in [0.1, 0.15) is 0 Å². The molecule has 0 aliphatic carbocycles.